The largest absolute Gasteiger partial charge is 0.486 e. The van der Waals surface area contributed by atoms with E-state index in [1.165, 1.54) is 12.1 Å². The molecule has 1 amide bonds. The van der Waals surface area contributed by atoms with Crippen molar-refractivity contribution in [2.75, 3.05) is 30.1 Å². The number of carbonyl (C=O) groups is 1. The predicted octanol–water partition coefficient (Wildman–Crippen LogP) is 4.41. The molecule has 8 heteroatoms. The lowest BCUT2D eigenvalue weighted by Gasteiger charge is -2.29. The fourth-order valence-corrected chi connectivity index (χ4v) is 3.62. The Morgan fingerprint density at radius 2 is 2.24 bits per heavy atom. The van der Waals surface area contributed by atoms with Gasteiger partial charge in [0.15, 0.2) is 0 Å². The predicted molar refractivity (Wildman–Crippen MR) is 114 cm³/mol. The number of hydrogen-bond donors (Lipinski definition) is 1. The highest BCUT2D eigenvalue weighted by atomic mass is 79.9. The molecule has 1 atom stereocenters. The molecule has 2 aromatic carbocycles. The van der Waals surface area contributed by atoms with Crippen LogP contribution in [0.4, 0.5) is 21.5 Å². The Balaban J connectivity index is 1.77. The number of nitrogens with zero attached hydrogens (tertiary/aromatic N) is 2. The monoisotopic (exact) mass is 459 g/mol. The number of fused-ring (bicyclic) bond motifs is 1. The lowest BCUT2D eigenvalue weighted by atomic mass is 10.1. The minimum atomic E-state index is -0.363. The summed E-state index contributed by atoms with van der Waals surface area (Å²) in [7, 11) is 0. The van der Waals surface area contributed by atoms with Crippen LogP contribution in [0.25, 0.3) is 0 Å². The van der Waals surface area contributed by atoms with Crippen molar-refractivity contribution in [1.29, 1.82) is 0 Å². The van der Waals surface area contributed by atoms with E-state index in [1.54, 1.807) is 35.4 Å². The van der Waals surface area contributed by atoms with Gasteiger partial charge in [0, 0.05) is 28.7 Å². The topological polar surface area (TPSA) is 63.2 Å². The molecule has 2 aliphatic rings. The van der Waals surface area contributed by atoms with Crippen LogP contribution in [0.1, 0.15) is 12.0 Å². The molecule has 1 saturated heterocycles. The maximum Gasteiger partial charge on any atom is 0.247 e. The molecule has 0 saturated carbocycles. The van der Waals surface area contributed by atoms with Crippen LogP contribution in [0.5, 0.6) is 5.75 Å². The number of halogens is 2. The van der Waals surface area contributed by atoms with Crippen molar-refractivity contribution in [1.82, 2.24) is 0 Å². The second-order valence-electron chi connectivity index (χ2n) is 6.68. The molecule has 1 N–H and O–H groups in total. The number of anilines is 3. The summed E-state index contributed by atoms with van der Waals surface area (Å²) in [5, 5.41) is 2.77. The third kappa shape index (κ3) is 4.18. The van der Waals surface area contributed by atoms with Gasteiger partial charge in [0.05, 0.1) is 30.3 Å². The molecule has 2 aromatic rings. The van der Waals surface area contributed by atoms with Crippen LogP contribution < -0.4 is 15.0 Å². The van der Waals surface area contributed by atoms with Gasteiger partial charge in [-0.3, -0.25) is 9.79 Å². The Morgan fingerprint density at radius 1 is 1.38 bits per heavy atom. The summed E-state index contributed by atoms with van der Waals surface area (Å²) in [6.45, 7) is 4.88. The maximum atomic E-state index is 14.6. The number of hydrogen-bond acceptors (Lipinski definition) is 5. The third-order valence-corrected chi connectivity index (χ3v) is 5.19. The van der Waals surface area contributed by atoms with E-state index in [0.29, 0.717) is 34.8 Å². The van der Waals surface area contributed by atoms with Crippen molar-refractivity contribution in [3.05, 3.63) is 58.8 Å². The van der Waals surface area contributed by atoms with E-state index in [2.05, 4.69) is 32.8 Å². The zero-order chi connectivity index (χ0) is 20.4. The molecule has 0 radical (unpaired) electrons. The van der Waals surface area contributed by atoms with Crippen molar-refractivity contribution < 1.29 is 18.7 Å². The number of aliphatic imine (C=N–C) groups is 1. The second-order valence-corrected chi connectivity index (χ2v) is 7.60. The standard InChI is InChI=1S/C21H19BrFN3O3/c1-2-21(27)25-17-7-13-10-24-12-26(18-4-3-14(22)8-16(18)23)19(13)9-20(17)29-15-5-6-28-11-15/h2-4,7-10,15H,1,5-6,11-12H2,(H,25,27)/t15-/m1/s1. The first-order chi connectivity index (χ1) is 14.0. The smallest absolute Gasteiger partial charge is 0.247 e. The highest BCUT2D eigenvalue weighted by molar-refractivity contribution is 9.10. The van der Waals surface area contributed by atoms with Crippen LogP contribution in [0.2, 0.25) is 0 Å². The number of benzene rings is 2. The van der Waals surface area contributed by atoms with Gasteiger partial charge in [0.25, 0.3) is 0 Å². The van der Waals surface area contributed by atoms with Crippen molar-refractivity contribution in [2.45, 2.75) is 12.5 Å². The first-order valence-electron chi connectivity index (χ1n) is 9.13. The van der Waals surface area contributed by atoms with Crippen molar-refractivity contribution in [2.24, 2.45) is 4.99 Å². The molecule has 6 nitrogen and oxygen atoms in total. The van der Waals surface area contributed by atoms with Crippen LogP contribution in [-0.4, -0.2) is 38.1 Å². The molecule has 4 rings (SSSR count). The summed E-state index contributed by atoms with van der Waals surface area (Å²) in [5.41, 5.74) is 2.40. The van der Waals surface area contributed by atoms with E-state index in [0.717, 1.165) is 17.7 Å². The van der Waals surface area contributed by atoms with E-state index in [9.17, 15) is 9.18 Å². The number of ether oxygens (including phenoxy) is 2. The normalized spacial score (nSPS) is 17.7. The molecule has 2 heterocycles. The molecule has 0 aromatic heterocycles. The van der Waals surface area contributed by atoms with Crippen molar-refractivity contribution in [3.63, 3.8) is 0 Å². The third-order valence-electron chi connectivity index (χ3n) is 4.70. The number of amides is 1. The fraction of sp³-hybridized carbons (Fsp3) is 0.238. The highest BCUT2D eigenvalue weighted by Crippen LogP contribution is 2.39. The van der Waals surface area contributed by atoms with Crippen molar-refractivity contribution >= 4 is 45.1 Å². The van der Waals surface area contributed by atoms with Crippen LogP contribution in [-0.2, 0) is 9.53 Å². The SMILES string of the molecule is C=CC(=O)Nc1cc2c(cc1O[C@@H]1CCOC1)N(c1ccc(Br)cc1F)CN=C2. The Labute approximate surface area is 176 Å². The molecule has 150 valence electrons. The number of nitrogens with one attached hydrogen (secondary N) is 1. The fourth-order valence-electron chi connectivity index (χ4n) is 3.29. The number of carbonyl (C=O) groups excluding carboxylic acids is 1. The van der Waals surface area contributed by atoms with Gasteiger partial charge < -0.3 is 19.7 Å². The van der Waals surface area contributed by atoms with E-state index < -0.39 is 0 Å². The molecular formula is C21H19BrFN3O3. The molecule has 0 spiro atoms. The zero-order valence-corrected chi connectivity index (χ0v) is 17.1. The Kier molecular flexibility index (Phi) is 5.64. The Morgan fingerprint density at radius 3 is 2.97 bits per heavy atom. The van der Waals surface area contributed by atoms with Gasteiger partial charge in [-0.2, -0.15) is 0 Å². The van der Waals surface area contributed by atoms with Gasteiger partial charge in [-0.05, 0) is 30.3 Å². The molecule has 0 bridgehead atoms. The van der Waals surface area contributed by atoms with Crippen LogP contribution in [0.3, 0.4) is 0 Å². The summed E-state index contributed by atoms with van der Waals surface area (Å²) >= 11 is 3.28. The Bertz CT molecular complexity index is 989. The molecule has 0 aliphatic carbocycles. The van der Waals surface area contributed by atoms with E-state index in [-0.39, 0.29) is 24.5 Å². The van der Waals surface area contributed by atoms with E-state index in [1.807, 2.05) is 0 Å². The average Bonchev–Trinajstić information content (AvgIpc) is 3.21. The van der Waals surface area contributed by atoms with Crippen LogP contribution in [0, 0.1) is 5.82 Å². The minimum Gasteiger partial charge on any atom is -0.486 e. The van der Waals surface area contributed by atoms with Gasteiger partial charge in [0.1, 0.15) is 24.3 Å². The zero-order valence-electron chi connectivity index (χ0n) is 15.5. The first-order valence-corrected chi connectivity index (χ1v) is 9.92. The van der Waals surface area contributed by atoms with Gasteiger partial charge in [-0.1, -0.05) is 22.5 Å². The van der Waals surface area contributed by atoms with Gasteiger partial charge in [-0.15, -0.1) is 0 Å². The molecule has 1 fully saturated rings. The van der Waals surface area contributed by atoms with Crippen LogP contribution >= 0.6 is 15.9 Å². The first kappa shape index (κ1) is 19.6. The highest BCUT2D eigenvalue weighted by Gasteiger charge is 2.24. The Hall–Kier alpha value is -2.71. The summed E-state index contributed by atoms with van der Waals surface area (Å²) in [4.78, 5) is 18.0. The summed E-state index contributed by atoms with van der Waals surface area (Å²) in [6.07, 6.45) is 3.55. The molecule has 0 unspecified atom stereocenters. The van der Waals surface area contributed by atoms with E-state index in [4.69, 9.17) is 9.47 Å². The minimum absolute atomic E-state index is 0.109. The molecule has 2 aliphatic heterocycles. The summed E-state index contributed by atoms with van der Waals surface area (Å²) < 4.78 is 26.8. The van der Waals surface area contributed by atoms with Gasteiger partial charge in [0.2, 0.25) is 5.91 Å². The lowest BCUT2D eigenvalue weighted by Crippen LogP contribution is -2.24. The summed E-state index contributed by atoms with van der Waals surface area (Å²) in [6, 6.07) is 8.47. The average molecular weight is 460 g/mol. The molecule has 29 heavy (non-hydrogen) atoms. The lowest BCUT2D eigenvalue weighted by molar-refractivity contribution is -0.111. The van der Waals surface area contributed by atoms with Gasteiger partial charge in [-0.25, -0.2) is 4.39 Å². The summed E-state index contributed by atoms with van der Waals surface area (Å²) in [5.74, 6) is -0.216. The number of rotatable bonds is 5. The van der Waals surface area contributed by atoms with Gasteiger partial charge >= 0.3 is 0 Å². The van der Waals surface area contributed by atoms with Crippen molar-refractivity contribution in [3.8, 4) is 5.75 Å². The second kappa shape index (κ2) is 8.34. The molecular weight excluding hydrogens is 441 g/mol. The van der Waals surface area contributed by atoms with Crippen LogP contribution in [0.15, 0.2) is 52.5 Å². The van der Waals surface area contributed by atoms with E-state index >= 15 is 0 Å². The quantitative estimate of drug-likeness (QED) is 0.672. The maximum absolute atomic E-state index is 14.6.